The maximum absolute atomic E-state index is 15.8. The van der Waals surface area contributed by atoms with Crippen molar-refractivity contribution in [2.75, 3.05) is 43.9 Å². The van der Waals surface area contributed by atoms with Crippen LogP contribution < -0.4 is 10.2 Å². The number of imidazole rings is 1. The van der Waals surface area contributed by atoms with Crippen LogP contribution in [-0.2, 0) is 11.8 Å². The van der Waals surface area contributed by atoms with Crippen LogP contribution in [0.25, 0.3) is 22.2 Å². The van der Waals surface area contributed by atoms with Gasteiger partial charge in [-0.05, 0) is 50.7 Å². The van der Waals surface area contributed by atoms with E-state index in [9.17, 15) is 13.6 Å². The number of anilines is 2. The molecule has 3 heterocycles. The van der Waals surface area contributed by atoms with Crippen molar-refractivity contribution >= 4 is 28.3 Å². The predicted molar refractivity (Wildman–Crippen MR) is 148 cm³/mol. The average molecular weight is 539 g/mol. The highest BCUT2D eigenvalue weighted by molar-refractivity contribution is 6.09. The number of likely N-dealkylation sites (N-methyl/N-ethyl adjacent to an activating group) is 2. The molecule has 2 aliphatic rings. The number of benzene rings is 2. The molecule has 0 aliphatic carbocycles. The summed E-state index contributed by atoms with van der Waals surface area (Å²) in [7, 11) is 5.65. The van der Waals surface area contributed by atoms with E-state index in [1.807, 2.05) is 28.6 Å². The van der Waals surface area contributed by atoms with Crippen molar-refractivity contribution in [1.82, 2.24) is 19.4 Å². The predicted octanol–water partition coefficient (Wildman–Crippen LogP) is 4.87. The number of halogens is 3. The van der Waals surface area contributed by atoms with Crippen LogP contribution in [0, 0.1) is 5.82 Å². The molecule has 1 amide bonds. The van der Waals surface area contributed by atoms with E-state index in [0.717, 1.165) is 5.52 Å². The van der Waals surface area contributed by atoms with E-state index >= 15 is 4.39 Å². The second kappa shape index (κ2) is 10.4. The van der Waals surface area contributed by atoms with Crippen molar-refractivity contribution in [3.8, 4) is 11.1 Å². The fraction of sp³-hybridized carbons (Fsp3) is 0.379. The largest absolute Gasteiger partial charge is 0.376 e. The highest BCUT2D eigenvalue weighted by Crippen LogP contribution is 2.37. The van der Waals surface area contributed by atoms with Crippen molar-refractivity contribution in [2.24, 2.45) is 7.05 Å². The van der Waals surface area contributed by atoms with Crippen LogP contribution in [0.2, 0.25) is 0 Å². The molecule has 10 heteroatoms. The SMILES string of the molecule is C[C@@H]1CN(c2cc(F)c(-c3ccc4c(c3)ncn4C)cc2NC(=O)C2=CN(C)CC=C2C(F)F)C[C@H](C)N1C. The van der Waals surface area contributed by atoms with Gasteiger partial charge >= 0.3 is 0 Å². The van der Waals surface area contributed by atoms with Gasteiger partial charge in [-0.15, -0.1) is 0 Å². The van der Waals surface area contributed by atoms with Crippen LogP contribution >= 0.6 is 0 Å². The molecular weight excluding hydrogens is 505 g/mol. The van der Waals surface area contributed by atoms with Gasteiger partial charge in [0.05, 0.1) is 34.3 Å². The molecule has 0 spiro atoms. The van der Waals surface area contributed by atoms with Gasteiger partial charge in [0.25, 0.3) is 12.3 Å². The Kier molecular flexibility index (Phi) is 7.15. The monoisotopic (exact) mass is 538 g/mol. The molecule has 1 saturated heterocycles. The highest BCUT2D eigenvalue weighted by atomic mass is 19.3. The van der Waals surface area contributed by atoms with Gasteiger partial charge in [-0.1, -0.05) is 12.1 Å². The Morgan fingerprint density at radius 3 is 2.49 bits per heavy atom. The maximum Gasteiger partial charge on any atom is 0.264 e. The van der Waals surface area contributed by atoms with E-state index in [2.05, 4.69) is 36.1 Å². The molecule has 2 atom stereocenters. The van der Waals surface area contributed by atoms with Gasteiger partial charge in [0.15, 0.2) is 0 Å². The Bertz CT molecular complexity index is 1470. The van der Waals surface area contributed by atoms with Gasteiger partial charge in [-0.25, -0.2) is 18.2 Å². The second-order valence-electron chi connectivity index (χ2n) is 10.6. The van der Waals surface area contributed by atoms with Gasteiger partial charge < -0.3 is 19.7 Å². The number of amides is 1. The van der Waals surface area contributed by atoms with Gasteiger partial charge in [0, 0.05) is 63.1 Å². The lowest BCUT2D eigenvalue weighted by molar-refractivity contribution is -0.112. The molecule has 39 heavy (non-hydrogen) atoms. The number of carbonyl (C=O) groups is 1. The average Bonchev–Trinajstić information content (AvgIpc) is 3.27. The summed E-state index contributed by atoms with van der Waals surface area (Å²) in [5, 5.41) is 2.85. The van der Waals surface area contributed by atoms with Gasteiger partial charge in [0.1, 0.15) is 5.82 Å². The third-order valence-corrected chi connectivity index (χ3v) is 7.81. The number of hydrogen-bond donors (Lipinski definition) is 1. The smallest absolute Gasteiger partial charge is 0.264 e. The molecule has 0 radical (unpaired) electrons. The number of hydrogen-bond acceptors (Lipinski definition) is 5. The standard InChI is InChI=1S/C29H33F3N6O/c1-17-13-38(14-18(2)37(17)5)27-12-23(30)21(19-6-7-26-24(10-19)33-16-36(26)4)11-25(27)34-29(39)22-15-35(3)9-8-20(22)28(31)32/h6-8,10-12,15-18,28H,9,13-14H2,1-5H3,(H,34,39)/t17-,18+. The van der Waals surface area contributed by atoms with Crippen molar-refractivity contribution in [2.45, 2.75) is 32.4 Å². The van der Waals surface area contributed by atoms with Crippen LogP contribution in [0.4, 0.5) is 24.5 Å². The van der Waals surface area contributed by atoms with Crippen LogP contribution in [0.15, 0.2) is 60.1 Å². The maximum atomic E-state index is 15.8. The number of rotatable bonds is 5. The third kappa shape index (κ3) is 5.13. The second-order valence-corrected chi connectivity index (χ2v) is 10.6. The third-order valence-electron chi connectivity index (χ3n) is 7.81. The van der Waals surface area contributed by atoms with Gasteiger partial charge in [-0.2, -0.15) is 0 Å². The van der Waals surface area contributed by atoms with Crippen molar-refractivity contribution < 1.29 is 18.0 Å². The summed E-state index contributed by atoms with van der Waals surface area (Å²) in [4.78, 5) is 23.8. The Hall–Kier alpha value is -3.79. The van der Waals surface area contributed by atoms with E-state index in [1.165, 1.54) is 18.3 Å². The number of piperazine rings is 1. The quantitative estimate of drug-likeness (QED) is 0.503. The zero-order chi connectivity index (χ0) is 28.0. The number of nitrogens with one attached hydrogen (secondary N) is 1. The zero-order valence-corrected chi connectivity index (χ0v) is 22.8. The summed E-state index contributed by atoms with van der Waals surface area (Å²) in [6.07, 6.45) is 1.69. The molecule has 1 aromatic heterocycles. The number of alkyl halides is 2. The fourth-order valence-corrected chi connectivity index (χ4v) is 5.34. The minimum Gasteiger partial charge on any atom is -0.376 e. The van der Waals surface area contributed by atoms with Gasteiger partial charge in [0.2, 0.25) is 0 Å². The summed E-state index contributed by atoms with van der Waals surface area (Å²) in [5.41, 5.74) is 2.98. The number of carbonyl (C=O) groups excluding carboxylic acids is 1. The highest BCUT2D eigenvalue weighted by Gasteiger charge is 2.30. The minimum atomic E-state index is -2.79. The summed E-state index contributed by atoms with van der Waals surface area (Å²) in [6, 6.07) is 8.89. The lowest BCUT2D eigenvalue weighted by atomic mass is 10.00. The first-order valence-corrected chi connectivity index (χ1v) is 13.0. The Labute approximate surface area is 226 Å². The first kappa shape index (κ1) is 26.8. The molecule has 0 unspecified atom stereocenters. The molecule has 0 bridgehead atoms. The molecule has 206 valence electrons. The molecule has 2 aliphatic heterocycles. The van der Waals surface area contributed by atoms with Crippen LogP contribution in [-0.4, -0.2) is 77.5 Å². The first-order valence-electron chi connectivity index (χ1n) is 13.0. The van der Waals surface area contributed by atoms with E-state index in [1.54, 1.807) is 30.4 Å². The molecule has 3 aromatic rings. The lowest BCUT2D eigenvalue weighted by Gasteiger charge is -2.44. The molecule has 5 rings (SSSR count). The summed E-state index contributed by atoms with van der Waals surface area (Å²) in [6.45, 7) is 5.72. The van der Waals surface area contributed by atoms with Crippen LogP contribution in [0.1, 0.15) is 13.8 Å². The molecular formula is C29H33F3N6O. The molecule has 2 aromatic carbocycles. The normalized spacial score (nSPS) is 20.4. The van der Waals surface area contributed by atoms with E-state index in [4.69, 9.17) is 0 Å². The summed E-state index contributed by atoms with van der Waals surface area (Å²) in [5.74, 6) is -1.11. The van der Waals surface area contributed by atoms with E-state index in [-0.39, 0.29) is 35.3 Å². The summed E-state index contributed by atoms with van der Waals surface area (Å²) < 4.78 is 45.2. The minimum absolute atomic E-state index is 0.106. The number of nitrogens with zero attached hydrogens (tertiary/aromatic N) is 5. The fourth-order valence-electron chi connectivity index (χ4n) is 5.34. The van der Waals surface area contributed by atoms with Crippen molar-refractivity contribution in [3.05, 3.63) is 65.9 Å². The number of fused-ring (bicyclic) bond motifs is 1. The number of aryl methyl sites for hydroxylation is 1. The molecule has 0 saturated carbocycles. The van der Waals surface area contributed by atoms with Crippen molar-refractivity contribution in [3.63, 3.8) is 0 Å². The van der Waals surface area contributed by atoms with E-state index in [0.29, 0.717) is 35.5 Å². The Morgan fingerprint density at radius 2 is 1.79 bits per heavy atom. The zero-order valence-electron chi connectivity index (χ0n) is 22.8. The lowest BCUT2D eigenvalue weighted by Crippen LogP contribution is -2.55. The Morgan fingerprint density at radius 1 is 1.08 bits per heavy atom. The first-order chi connectivity index (χ1) is 18.5. The topological polar surface area (TPSA) is 56.6 Å². The van der Waals surface area contributed by atoms with Gasteiger partial charge in [-0.3, -0.25) is 9.69 Å². The molecule has 1 N–H and O–H groups in total. The van der Waals surface area contributed by atoms with E-state index < -0.39 is 18.1 Å². The van der Waals surface area contributed by atoms with Crippen molar-refractivity contribution in [1.29, 1.82) is 0 Å². The Balaban J connectivity index is 1.58. The van der Waals surface area contributed by atoms with Crippen LogP contribution in [0.3, 0.4) is 0 Å². The molecule has 7 nitrogen and oxygen atoms in total. The molecule has 1 fully saturated rings. The number of aromatic nitrogens is 2. The summed E-state index contributed by atoms with van der Waals surface area (Å²) >= 11 is 0. The van der Waals surface area contributed by atoms with Crippen LogP contribution in [0.5, 0.6) is 0 Å².